The average Bonchev–Trinajstić information content (AvgIpc) is 3.72. The van der Waals surface area contributed by atoms with Crippen LogP contribution in [0.25, 0.3) is 0 Å². The first kappa shape index (κ1) is 39.4. The number of halogens is 4. The topological polar surface area (TPSA) is 181 Å². The average molecular weight is 797 g/mol. The van der Waals surface area contributed by atoms with Gasteiger partial charge in [-0.25, -0.2) is 18.4 Å². The zero-order valence-corrected chi connectivity index (χ0v) is 30.3. The number of carbonyl (C=O) groups is 3. The van der Waals surface area contributed by atoms with Gasteiger partial charge in [-0.3, -0.25) is 23.6 Å². The third kappa shape index (κ3) is 9.40. The molecule has 19 heteroatoms. The van der Waals surface area contributed by atoms with E-state index in [1.807, 2.05) is 0 Å². The van der Waals surface area contributed by atoms with E-state index in [4.69, 9.17) is 32.7 Å². The third-order valence-corrected chi connectivity index (χ3v) is 10.3. The number of alkyl halides is 2. The van der Waals surface area contributed by atoms with E-state index in [-0.39, 0.29) is 75.9 Å². The zero-order chi connectivity index (χ0) is 37.2. The smallest absolute Gasteiger partial charge is 0.387 e. The van der Waals surface area contributed by atoms with Gasteiger partial charge in [0, 0.05) is 30.9 Å². The molecular formula is C34H33Cl2F2N5O9S. The van der Waals surface area contributed by atoms with Gasteiger partial charge in [-0.15, -0.1) is 0 Å². The van der Waals surface area contributed by atoms with Crippen LogP contribution in [-0.4, -0.2) is 78.7 Å². The summed E-state index contributed by atoms with van der Waals surface area (Å²) in [6.45, 7) is -3.36. The largest absolute Gasteiger partial charge is 0.870 e. The van der Waals surface area contributed by atoms with Crippen molar-refractivity contribution < 1.29 is 56.3 Å². The van der Waals surface area contributed by atoms with Gasteiger partial charge in [-0.1, -0.05) is 29.3 Å². The van der Waals surface area contributed by atoms with Crippen LogP contribution in [0.15, 0.2) is 67.5 Å². The molecule has 53 heavy (non-hydrogen) atoms. The second-order valence-electron chi connectivity index (χ2n) is 12.2. The van der Waals surface area contributed by atoms with Crippen molar-refractivity contribution in [3.8, 4) is 11.5 Å². The van der Waals surface area contributed by atoms with Crippen LogP contribution in [-0.2, 0) is 32.5 Å². The van der Waals surface area contributed by atoms with Gasteiger partial charge in [-0.05, 0) is 54.7 Å². The van der Waals surface area contributed by atoms with Gasteiger partial charge in [0.15, 0.2) is 23.9 Å². The number of esters is 1. The van der Waals surface area contributed by atoms with E-state index in [1.54, 1.807) is 17.0 Å². The number of imidazole rings is 1. The Morgan fingerprint density at radius 1 is 1.06 bits per heavy atom. The van der Waals surface area contributed by atoms with Gasteiger partial charge >= 0.3 is 12.6 Å². The number of fused-ring (bicyclic) bond motifs is 1. The Balaban J connectivity index is 0.00000541. The maximum atomic E-state index is 13.5. The molecule has 0 spiro atoms. The highest BCUT2D eigenvalue weighted by molar-refractivity contribution is 7.92. The van der Waals surface area contributed by atoms with Crippen LogP contribution in [0.3, 0.4) is 0 Å². The number of sulfonamides is 1. The second-order valence-corrected chi connectivity index (χ2v) is 14.9. The molecule has 0 bridgehead atoms. The van der Waals surface area contributed by atoms with Gasteiger partial charge in [0.1, 0.15) is 22.7 Å². The highest BCUT2D eigenvalue weighted by Gasteiger charge is 2.38. The summed E-state index contributed by atoms with van der Waals surface area (Å²) in [7, 11) is -3.80. The molecule has 1 aliphatic heterocycles. The number of hydrogen-bond donors (Lipinski definition) is 0. The van der Waals surface area contributed by atoms with Gasteiger partial charge in [-0.2, -0.15) is 8.78 Å². The highest BCUT2D eigenvalue weighted by atomic mass is 35.5. The predicted octanol–water partition coefficient (Wildman–Crippen LogP) is 4.81. The number of ether oxygens (including phenoxy) is 3. The van der Waals surface area contributed by atoms with Crippen LogP contribution in [0.5, 0.6) is 11.5 Å². The minimum Gasteiger partial charge on any atom is -0.870 e. The molecule has 0 unspecified atom stereocenters. The van der Waals surface area contributed by atoms with Crippen LogP contribution in [0.4, 0.5) is 14.5 Å². The molecule has 2 amide bonds. The van der Waals surface area contributed by atoms with Crippen molar-refractivity contribution in [2.24, 2.45) is 5.92 Å². The lowest BCUT2D eigenvalue weighted by Crippen LogP contribution is -2.36. The number of rotatable bonds is 16. The van der Waals surface area contributed by atoms with E-state index in [1.165, 1.54) is 55.1 Å². The van der Waals surface area contributed by atoms with Crippen LogP contribution >= 0.6 is 23.2 Å². The van der Waals surface area contributed by atoms with Crippen molar-refractivity contribution in [3.05, 3.63) is 99.8 Å². The van der Waals surface area contributed by atoms with Crippen LogP contribution in [0.1, 0.15) is 50.8 Å². The standard InChI is InChI=1S/C34H31Cl2F2N5O8S.H2O/c1-52(47,48)43(11-10-41-9-8-39-19-41)22-5-6-23-24(13-22)33(46)42(32(23)45)17-31(44)50-29(14-25-26(35)15-40-16-27(25)36)21-4-7-28(51-34(37)38)30(12-21)49-18-20-2-3-20;/h4-9,12-13,15-16,19-20,29,34H,2-3,10-11,14,17-18H2,1H3;1H2/t29-;/m0./s1. The summed E-state index contributed by atoms with van der Waals surface area (Å²) in [5, 5.41) is 0.446. The van der Waals surface area contributed by atoms with Crippen LogP contribution in [0, 0.1) is 5.92 Å². The normalized spacial score (nSPS) is 14.5. The first-order valence-corrected chi connectivity index (χ1v) is 18.6. The summed E-state index contributed by atoms with van der Waals surface area (Å²) < 4.78 is 70.9. The molecule has 3 heterocycles. The van der Waals surface area contributed by atoms with Crippen molar-refractivity contribution in [1.82, 2.24) is 14.5 Å². The van der Waals surface area contributed by atoms with Gasteiger partial charge in [0.2, 0.25) is 10.0 Å². The Labute approximate surface area is 312 Å². The molecule has 0 radical (unpaired) electrons. The van der Waals surface area contributed by atoms with Gasteiger partial charge in [0.05, 0.1) is 42.5 Å². The number of aromatic amines is 1. The number of nitrogens with one attached hydrogen (secondary N) is 1. The molecule has 14 nitrogen and oxygen atoms in total. The van der Waals surface area contributed by atoms with E-state index in [2.05, 4.69) is 14.7 Å². The number of imide groups is 1. The Hall–Kier alpha value is -4.84. The number of H-pyrrole nitrogens is 1. The molecule has 1 aliphatic carbocycles. The number of carbonyl (C=O) groups excluding carboxylic acids is 3. The fraction of sp³-hybridized carbons (Fsp3) is 0.324. The minimum absolute atomic E-state index is 0. The van der Waals surface area contributed by atoms with E-state index in [9.17, 15) is 31.6 Å². The summed E-state index contributed by atoms with van der Waals surface area (Å²) in [5.41, 5.74) is 0.746. The minimum atomic E-state index is -3.80. The maximum absolute atomic E-state index is 13.5. The molecule has 1 saturated carbocycles. The summed E-state index contributed by atoms with van der Waals surface area (Å²) in [4.78, 5) is 47.9. The number of aromatic nitrogens is 3. The molecule has 0 saturated heterocycles. The number of amides is 2. The lowest BCUT2D eigenvalue weighted by atomic mass is 10.0. The number of benzene rings is 2. The number of hydrogen-bond acceptors (Lipinski definition) is 10. The first-order valence-electron chi connectivity index (χ1n) is 16.0. The third-order valence-electron chi connectivity index (χ3n) is 8.44. The summed E-state index contributed by atoms with van der Waals surface area (Å²) in [6, 6.07) is 8.13. The Morgan fingerprint density at radius 3 is 2.42 bits per heavy atom. The molecule has 4 aromatic rings. The van der Waals surface area contributed by atoms with E-state index in [0.717, 1.165) is 23.4 Å². The maximum Gasteiger partial charge on any atom is 0.387 e. The Morgan fingerprint density at radius 2 is 1.77 bits per heavy atom. The van der Waals surface area contributed by atoms with Crippen LogP contribution < -0.4 is 18.8 Å². The number of nitrogens with zero attached hydrogens (tertiary/aromatic N) is 4. The van der Waals surface area contributed by atoms with Crippen molar-refractivity contribution in [2.75, 3.05) is 30.3 Å². The molecule has 2 aromatic heterocycles. The Kier molecular flexibility index (Phi) is 12.2. The van der Waals surface area contributed by atoms with Crippen molar-refractivity contribution in [1.29, 1.82) is 0 Å². The van der Waals surface area contributed by atoms with Crippen molar-refractivity contribution in [2.45, 2.75) is 38.5 Å². The quantitative estimate of drug-likeness (QED) is 0.113. The molecule has 6 rings (SSSR count). The molecule has 282 valence electrons. The molecule has 2 aliphatic rings. The van der Waals surface area contributed by atoms with Crippen molar-refractivity contribution in [3.63, 3.8) is 0 Å². The molecule has 2 aromatic carbocycles. The molecule has 1 fully saturated rings. The second kappa shape index (κ2) is 16.4. The number of pyridine rings is 1. The number of anilines is 1. The zero-order valence-electron chi connectivity index (χ0n) is 28.0. The van der Waals surface area contributed by atoms with E-state index in [0.29, 0.717) is 16.0 Å². The van der Waals surface area contributed by atoms with Gasteiger partial charge < -0.3 is 24.3 Å². The SMILES string of the molecule is CS(=O)(=O)N(CCn1ccnc1)c1ccc2c(c1)C(=O)N(CC(=O)O[C@@H](Cc1c(Cl)c[nH+]cc1Cl)c1ccc(OC(F)F)c(OCC3CC3)c1)C2=O.[OH-]. The van der Waals surface area contributed by atoms with E-state index >= 15 is 0 Å². The van der Waals surface area contributed by atoms with E-state index < -0.39 is 47.1 Å². The van der Waals surface area contributed by atoms with Crippen LogP contribution in [0.2, 0.25) is 10.0 Å². The monoisotopic (exact) mass is 795 g/mol. The fourth-order valence-corrected chi connectivity index (χ4v) is 7.06. The summed E-state index contributed by atoms with van der Waals surface area (Å²) >= 11 is 12.8. The van der Waals surface area contributed by atoms with Crippen molar-refractivity contribution >= 4 is 56.7 Å². The lowest BCUT2D eigenvalue weighted by molar-refractivity contribution is -0.377. The highest BCUT2D eigenvalue weighted by Crippen LogP contribution is 2.38. The summed E-state index contributed by atoms with van der Waals surface area (Å²) in [6.07, 6.45) is 9.39. The van der Waals surface area contributed by atoms with Gasteiger partial charge in [0.25, 0.3) is 11.8 Å². The predicted molar refractivity (Wildman–Crippen MR) is 185 cm³/mol. The first-order chi connectivity index (χ1) is 24.8. The Bertz CT molecular complexity index is 2080. The molecule has 2 N–H and O–H groups in total. The molecule has 1 atom stereocenters. The lowest BCUT2D eigenvalue weighted by Gasteiger charge is -2.23. The summed E-state index contributed by atoms with van der Waals surface area (Å²) in [5.74, 6) is -2.51. The molecular weight excluding hydrogens is 763 g/mol. The fourth-order valence-electron chi connectivity index (χ4n) is 5.62.